The third kappa shape index (κ3) is 4.35. The van der Waals surface area contributed by atoms with Gasteiger partial charge >= 0.3 is 0 Å². The minimum Gasteiger partial charge on any atom is -0.254 e. The van der Waals surface area contributed by atoms with Crippen LogP contribution < -0.4 is 0 Å². The van der Waals surface area contributed by atoms with Crippen LogP contribution in [0.1, 0.15) is 0 Å². The summed E-state index contributed by atoms with van der Waals surface area (Å²) in [5, 5.41) is 7.03. The van der Waals surface area contributed by atoms with E-state index in [0.717, 1.165) is 49.8 Å². The normalized spacial score (nSPS) is 11.5. The Balaban J connectivity index is 1.35. The van der Waals surface area contributed by atoms with Gasteiger partial charge in [0.2, 0.25) is 0 Å². The molecule has 0 aliphatic rings. The first kappa shape index (κ1) is 26.3. The second kappa shape index (κ2) is 10.8. The van der Waals surface area contributed by atoms with Crippen molar-refractivity contribution in [2.45, 2.75) is 0 Å². The van der Waals surface area contributed by atoms with Crippen molar-refractivity contribution in [3.8, 4) is 44.6 Å². The molecule has 0 fully saturated rings. The molecule has 0 radical (unpaired) electrons. The Morgan fingerprint density at radius 3 is 1.65 bits per heavy atom. The molecule has 0 atom stereocenters. The van der Waals surface area contributed by atoms with Gasteiger partial charge < -0.3 is 0 Å². The van der Waals surface area contributed by atoms with E-state index < -0.39 is 0 Å². The van der Waals surface area contributed by atoms with Gasteiger partial charge in [0.15, 0.2) is 0 Å². The van der Waals surface area contributed by atoms with Crippen molar-refractivity contribution in [3.63, 3.8) is 0 Å². The monoisotopic (exact) mass is 584 g/mol. The minimum atomic E-state index is 0.912. The molecule has 0 saturated carbocycles. The maximum atomic E-state index is 5.45. The lowest BCUT2D eigenvalue weighted by Gasteiger charge is -2.16. The van der Waals surface area contributed by atoms with E-state index in [1.807, 2.05) is 6.20 Å². The highest BCUT2D eigenvalue weighted by Gasteiger charge is 2.17. The molecule has 0 amide bonds. The summed E-state index contributed by atoms with van der Waals surface area (Å²) >= 11 is 0. The van der Waals surface area contributed by atoms with Crippen LogP contribution in [-0.4, -0.2) is 9.97 Å². The average molecular weight is 585 g/mol. The van der Waals surface area contributed by atoms with Gasteiger partial charge in [0.1, 0.15) is 0 Å². The summed E-state index contributed by atoms with van der Waals surface area (Å²) in [5.41, 5.74) is 11.0. The summed E-state index contributed by atoms with van der Waals surface area (Å²) < 4.78 is 0. The third-order valence-corrected chi connectivity index (χ3v) is 9.10. The molecular formula is C44H28N2. The van der Waals surface area contributed by atoms with E-state index in [-0.39, 0.29) is 0 Å². The lowest BCUT2D eigenvalue weighted by Crippen LogP contribution is -1.94. The van der Waals surface area contributed by atoms with Gasteiger partial charge in [-0.2, -0.15) is 0 Å². The minimum absolute atomic E-state index is 0.912. The average Bonchev–Trinajstić information content (AvgIpc) is 3.14. The molecule has 0 saturated heterocycles. The summed E-state index contributed by atoms with van der Waals surface area (Å²) in [6, 6.07) is 58.4. The second-order valence-corrected chi connectivity index (χ2v) is 11.8. The zero-order valence-corrected chi connectivity index (χ0v) is 25.1. The van der Waals surface area contributed by atoms with Crippen LogP contribution in [0.2, 0.25) is 0 Å². The molecule has 2 nitrogen and oxygen atoms in total. The van der Waals surface area contributed by atoms with Gasteiger partial charge in [0, 0.05) is 22.5 Å². The molecule has 7 aromatic carbocycles. The Labute approximate surface area is 267 Å². The fourth-order valence-corrected chi connectivity index (χ4v) is 6.89. The highest BCUT2D eigenvalue weighted by atomic mass is 14.8. The molecule has 46 heavy (non-hydrogen) atoms. The second-order valence-electron chi connectivity index (χ2n) is 11.8. The summed E-state index contributed by atoms with van der Waals surface area (Å²) in [7, 11) is 0. The van der Waals surface area contributed by atoms with Crippen LogP contribution in [0.25, 0.3) is 88.0 Å². The van der Waals surface area contributed by atoms with Gasteiger partial charge in [-0.05, 0) is 79.2 Å². The summed E-state index contributed by atoms with van der Waals surface area (Å²) in [6.45, 7) is 0. The summed E-state index contributed by atoms with van der Waals surface area (Å²) in [6.07, 6.45) is 1.91. The van der Waals surface area contributed by atoms with E-state index in [1.165, 1.54) is 38.2 Å². The topological polar surface area (TPSA) is 25.8 Å². The highest BCUT2D eigenvalue weighted by molar-refractivity contribution is 6.16. The van der Waals surface area contributed by atoms with Gasteiger partial charge in [-0.1, -0.05) is 140 Å². The first-order valence-corrected chi connectivity index (χ1v) is 15.7. The molecule has 9 aromatic rings. The fraction of sp³-hybridized carbons (Fsp3) is 0. The van der Waals surface area contributed by atoms with Crippen LogP contribution in [0.4, 0.5) is 0 Å². The van der Waals surface area contributed by atoms with Crippen LogP contribution in [-0.2, 0) is 0 Å². The number of aromatic nitrogens is 2. The van der Waals surface area contributed by atoms with E-state index >= 15 is 0 Å². The number of rotatable bonds is 4. The molecule has 2 heteroatoms. The fourth-order valence-electron chi connectivity index (χ4n) is 6.89. The van der Waals surface area contributed by atoms with Crippen molar-refractivity contribution in [3.05, 3.63) is 170 Å². The Bertz CT molecular complexity index is 2560. The number of fused-ring (bicyclic) bond motifs is 6. The van der Waals surface area contributed by atoms with E-state index in [9.17, 15) is 0 Å². The lowest BCUT2D eigenvalue weighted by atomic mass is 9.91. The van der Waals surface area contributed by atoms with Crippen molar-refractivity contribution in [2.75, 3.05) is 0 Å². The molecule has 0 bridgehead atoms. The van der Waals surface area contributed by atoms with Crippen molar-refractivity contribution in [1.82, 2.24) is 9.97 Å². The standard InChI is InChI=1S/C44H28N2/c1-4-12-29(13-5-1)32-20-21-33-27-41(36-19-11-10-18-35(36)39(33)26-32)42-28-40(31-16-8-3-9-17-31)38-23-22-37-34(30-14-6-2-7-15-30)24-25-45-43(37)44(38)46-42/h1-28H. The van der Waals surface area contributed by atoms with Crippen LogP contribution in [0, 0.1) is 0 Å². The van der Waals surface area contributed by atoms with Gasteiger partial charge in [-0.3, -0.25) is 4.98 Å². The maximum Gasteiger partial charge on any atom is 0.0978 e. The number of nitrogens with zero attached hydrogens (tertiary/aromatic N) is 2. The van der Waals surface area contributed by atoms with E-state index in [2.05, 4.69) is 164 Å². The first-order chi connectivity index (χ1) is 22.8. The summed E-state index contributed by atoms with van der Waals surface area (Å²) in [5.74, 6) is 0. The third-order valence-electron chi connectivity index (χ3n) is 9.10. The maximum absolute atomic E-state index is 5.45. The molecule has 0 unspecified atom stereocenters. The molecule has 0 spiro atoms. The van der Waals surface area contributed by atoms with Crippen LogP contribution in [0.15, 0.2) is 170 Å². The van der Waals surface area contributed by atoms with Crippen LogP contribution in [0.3, 0.4) is 0 Å². The Kier molecular flexibility index (Phi) is 6.17. The molecule has 0 aliphatic carbocycles. The van der Waals surface area contributed by atoms with E-state index in [1.54, 1.807) is 0 Å². The quantitative estimate of drug-likeness (QED) is 0.192. The Morgan fingerprint density at radius 2 is 0.935 bits per heavy atom. The zero-order valence-electron chi connectivity index (χ0n) is 25.1. The molecule has 9 rings (SSSR count). The number of hydrogen-bond donors (Lipinski definition) is 0. The Morgan fingerprint density at radius 1 is 0.326 bits per heavy atom. The van der Waals surface area contributed by atoms with Gasteiger partial charge in [0.25, 0.3) is 0 Å². The van der Waals surface area contributed by atoms with Crippen LogP contribution >= 0.6 is 0 Å². The largest absolute Gasteiger partial charge is 0.254 e. The molecule has 2 heterocycles. The molecule has 2 aromatic heterocycles. The van der Waals surface area contributed by atoms with Crippen molar-refractivity contribution >= 4 is 43.4 Å². The SMILES string of the molecule is c1ccc(-c2ccc3cc(-c4cc(-c5ccccc5)c5ccc6c(-c7ccccc7)ccnc6c5n4)c4ccccc4c3c2)cc1. The smallest absolute Gasteiger partial charge is 0.0978 e. The predicted octanol–water partition coefficient (Wildman–Crippen LogP) is 11.8. The lowest BCUT2D eigenvalue weighted by molar-refractivity contribution is 1.37. The van der Waals surface area contributed by atoms with Crippen LogP contribution in [0.5, 0.6) is 0 Å². The number of hydrogen-bond acceptors (Lipinski definition) is 2. The molecular weight excluding hydrogens is 556 g/mol. The molecule has 0 aliphatic heterocycles. The summed E-state index contributed by atoms with van der Waals surface area (Å²) in [4.78, 5) is 10.4. The predicted molar refractivity (Wildman–Crippen MR) is 194 cm³/mol. The van der Waals surface area contributed by atoms with Gasteiger partial charge in [-0.15, -0.1) is 0 Å². The van der Waals surface area contributed by atoms with Gasteiger partial charge in [-0.25, -0.2) is 4.98 Å². The van der Waals surface area contributed by atoms with Gasteiger partial charge in [0.05, 0.1) is 16.7 Å². The van der Waals surface area contributed by atoms with Crippen molar-refractivity contribution < 1.29 is 0 Å². The molecule has 0 N–H and O–H groups in total. The number of pyridine rings is 2. The first-order valence-electron chi connectivity index (χ1n) is 15.7. The zero-order chi connectivity index (χ0) is 30.5. The highest BCUT2D eigenvalue weighted by Crippen LogP contribution is 2.41. The molecule has 214 valence electrons. The van der Waals surface area contributed by atoms with E-state index in [0.29, 0.717) is 0 Å². The van der Waals surface area contributed by atoms with E-state index in [4.69, 9.17) is 9.97 Å². The Hall–Kier alpha value is -6.12. The van der Waals surface area contributed by atoms with Crippen molar-refractivity contribution in [2.24, 2.45) is 0 Å². The van der Waals surface area contributed by atoms with Crippen molar-refractivity contribution in [1.29, 1.82) is 0 Å². The number of benzene rings is 7.